The van der Waals surface area contributed by atoms with Gasteiger partial charge in [0.05, 0.1) is 0 Å². The Morgan fingerprint density at radius 3 is 2.19 bits per heavy atom. The van der Waals surface area contributed by atoms with Gasteiger partial charge in [-0.3, -0.25) is 9.69 Å². The molecule has 0 heterocycles. The summed E-state index contributed by atoms with van der Waals surface area (Å²) in [7, 11) is 0. The molecule has 1 atom stereocenters. The van der Waals surface area contributed by atoms with E-state index in [1.165, 1.54) is 0 Å². The largest absolute Gasteiger partial charge is 0.368 e. The van der Waals surface area contributed by atoms with Gasteiger partial charge in [-0.2, -0.15) is 0 Å². The summed E-state index contributed by atoms with van der Waals surface area (Å²) in [5.41, 5.74) is 5.30. The Morgan fingerprint density at radius 1 is 1.29 bits per heavy atom. The van der Waals surface area contributed by atoms with Crippen LogP contribution < -0.4 is 11.1 Å². The number of hydrogen-bond acceptors (Lipinski definition) is 3. The van der Waals surface area contributed by atoms with Crippen molar-refractivity contribution in [3.8, 4) is 0 Å². The smallest absolute Gasteiger partial charge is 0.239 e. The van der Waals surface area contributed by atoms with E-state index in [4.69, 9.17) is 5.73 Å². The minimum absolute atomic E-state index is 0.174. The van der Waals surface area contributed by atoms with Gasteiger partial charge in [-0.15, -0.1) is 0 Å². The molecule has 0 radical (unpaired) electrons. The molecule has 1 saturated carbocycles. The van der Waals surface area contributed by atoms with E-state index >= 15 is 0 Å². The standard InChI is InChI=1S/C17H35N3O/c1-6-15(7-2)20(11-13(4)5)12-17(16(18)21,19-8-3)14-9-10-14/h13-15,19H,6-12H2,1-5H3,(H2,18,21). The number of hydrogen-bond donors (Lipinski definition) is 2. The van der Waals surface area contributed by atoms with E-state index in [1.54, 1.807) is 0 Å². The molecule has 0 aromatic carbocycles. The first-order valence-electron chi connectivity index (χ1n) is 8.70. The molecule has 0 aromatic heterocycles. The molecule has 0 aromatic rings. The fourth-order valence-electron chi connectivity index (χ4n) is 3.52. The molecular weight excluding hydrogens is 262 g/mol. The Bertz CT molecular complexity index is 324. The Hall–Kier alpha value is -0.610. The van der Waals surface area contributed by atoms with Gasteiger partial charge in [0.1, 0.15) is 5.54 Å². The van der Waals surface area contributed by atoms with Gasteiger partial charge in [0.25, 0.3) is 0 Å². The van der Waals surface area contributed by atoms with Crippen molar-refractivity contribution in [1.82, 2.24) is 10.2 Å². The molecule has 1 unspecified atom stereocenters. The quantitative estimate of drug-likeness (QED) is 0.615. The van der Waals surface area contributed by atoms with Crippen LogP contribution in [0.1, 0.15) is 60.3 Å². The van der Waals surface area contributed by atoms with Crippen molar-refractivity contribution < 1.29 is 4.79 Å². The summed E-state index contributed by atoms with van der Waals surface area (Å²) in [5.74, 6) is 0.836. The van der Waals surface area contributed by atoms with Crippen molar-refractivity contribution in [2.45, 2.75) is 71.9 Å². The molecule has 0 saturated heterocycles. The van der Waals surface area contributed by atoms with Crippen LogP contribution in [0.15, 0.2) is 0 Å². The fraction of sp³-hybridized carbons (Fsp3) is 0.941. The van der Waals surface area contributed by atoms with Gasteiger partial charge in [0.2, 0.25) is 5.91 Å². The van der Waals surface area contributed by atoms with Gasteiger partial charge >= 0.3 is 0 Å². The second kappa shape index (κ2) is 8.14. The zero-order chi connectivity index (χ0) is 16.0. The number of carbonyl (C=O) groups is 1. The normalized spacial score (nSPS) is 18.5. The van der Waals surface area contributed by atoms with Crippen molar-refractivity contribution in [2.24, 2.45) is 17.6 Å². The summed E-state index contributed by atoms with van der Waals surface area (Å²) < 4.78 is 0. The third-order valence-electron chi connectivity index (χ3n) is 4.72. The molecule has 0 aliphatic heterocycles. The van der Waals surface area contributed by atoms with E-state index in [9.17, 15) is 4.79 Å². The molecule has 1 fully saturated rings. The lowest BCUT2D eigenvalue weighted by Crippen LogP contribution is -2.64. The van der Waals surface area contributed by atoms with E-state index in [2.05, 4.69) is 44.8 Å². The van der Waals surface area contributed by atoms with E-state index in [0.29, 0.717) is 17.9 Å². The Labute approximate surface area is 130 Å². The number of carbonyl (C=O) groups excluding carboxylic acids is 1. The molecule has 4 nitrogen and oxygen atoms in total. The summed E-state index contributed by atoms with van der Waals surface area (Å²) >= 11 is 0. The van der Waals surface area contributed by atoms with Crippen LogP contribution in [0.4, 0.5) is 0 Å². The Morgan fingerprint density at radius 2 is 1.86 bits per heavy atom. The lowest BCUT2D eigenvalue weighted by molar-refractivity contribution is -0.126. The molecule has 1 rings (SSSR count). The van der Waals surface area contributed by atoms with Crippen LogP contribution in [-0.4, -0.2) is 42.0 Å². The number of rotatable bonds is 11. The molecular formula is C17H35N3O. The highest BCUT2D eigenvalue weighted by Crippen LogP contribution is 2.40. The highest BCUT2D eigenvalue weighted by Gasteiger charge is 2.50. The van der Waals surface area contributed by atoms with Crippen molar-refractivity contribution in [1.29, 1.82) is 0 Å². The SMILES string of the molecule is CCNC(CN(CC(C)C)C(CC)CC)(C(N)=O)C1CC1. The highest BCUT2D eigenvalue weighted by atomic mass is 16.1. The number of primary amides is 1. The average Bonchev–Trinajstić information content (AvgIpc) is 3.22. The van der Waals surface area contributed by atoms with Crippen molar-refractivity contribution in [2.75, 3.05) is 19.6 Å². The van der Waals surface area contributed by atoms with Crippen molar-refractivity contribution >= 4 is 5.91 Å². The lowest BCUT2D eigenvalue weighted by atomic mass is 9.89. The minimum Gasteiger partial charge on any atom is -0.368 e. The first-order valence-corrected chi connectivity index (χ1v) is 8.70. The van der Waals surface area contributed by atoms with Crippen LogP contribution in [0.5, 0.6) is 0 Å². The molecule has 124 valence electrons. The van der Waals surface area contributed by atoms with Crippen LogP contribution in [0, 0.1) is 11.8 Å². The van der Waals surface area contributed by atoms with Gasteiger partial charge in [-0.25, -0.2) is 0 Å². The maximum absolute atomic E-state index is 12.2. The fourth-order valence-corrected chi connectivity index (χ4v) is 3.52. The van der Waals surface area contributed by atoms with Gasteiger partial charge in [0.15, 0.2) is 0 Å². The van der Waals surface area contributed by atoms with Crippen LogP contribution in [0.2, 0.25) is 0 Å². The van der Waals surface area contributed by atoms with Gasteiger partial charge < -0.3 is 11.1 Å². The van der Waals surface area contributed by atoms with Gasteiger partial charge in [-0.05, 0) is 44.1 Å². The zero-order valence-electron chi connectivity index (χ0n) is 14.6. The maximum atomic E-state index is 12.2. The Balaban J connectivity index is 2.96. The first-order chi connectivity index (χ1) is 9.91. The average molecular weight is 297 g/mol. The Kier molecular flexibility index (Phi) is 7.14. The third kappa shape index (κ3) is 4.68. The molecule has 1 aliphatic rings. The van der Waals surface area contributed by atoms with Gasteiger partial charge in [-0.1, -0.05) is 34.6 Å². The minimum atomic E-state index is -0.535. The highest BCUT2D eigenvalue weighted by molar-refractivity contribution is 5.86. The predicted molar refractivity (Wildman–Crippen MR) is 89.1 cm³/mol. The molecule has 1 amide bonds. The topological polar surface area (TPSA) is 58.4 Å². The molecule has 1 aliphatic carbocycles. The van der Waals surface area contributed by atoms with Crippen LogP contribution in [-0.2, 0) is 4.79 Å². The first kappa shape index (κ1) is 18.4. The molecule has 0 bridgehead atoms. The predicted octanol–water partition coefficient (Wildman–Crippen LogP) is 2.38. The van der Waals surface area contributed by atoms with E-state index in [1.807, 2.05) is 0 Å². The second-order valence-corrected chi connectivity index (χ2v) is 6.93. The zero-order valence-corrected chi connectivity index (χ0v) is 14.6. The maximum Gasteiger partial charge on any atom is 0.239 e. The monoisotopic (exact) mass is 297 g/mol. The number of likely N-dealkylation sites (N-methyl/N-ethyl adjacent to an activating group) is 1. The van der Waals surface area contributed by atoms with E-state index in [-0.39, 0.29) is 5.91 Å². The molecule has 21 heavy (non-hydrogen) atoms. The number of nitrogens with two attached hydrogens (primary N) is 1. The van der Waals surface area contributed by atoms with Crippen LogP contribution in [0.25, 0.3) is 0 Å². The third-order valence-corrected chi connectivity index (χ3v) is 4.72. The lowest BCUT2D eigenvalue weighted by Gasteiger charge is -2.41. The van der Waals surface area contributed by atoms with Gasteiger partial charge in [0, 0.05) is 19.1 Å². The summed E-state index contributed by atoms with van der Waals surface area (Å²) in [4.78, 5) is 14.7. The summed E-state index contributed by atoms with van der Waals surface area (Å²) in [6.07, 6.45) is 4.48. The molecule has 3 N–H and O–H groups in total. The molecule has 0 spiro atoms. The summed E-state index contributed by atoms with van der Waals surface area (Å²) in [6.45, 7) is 13.6. The van der Waals surface area contributed by atoms with Crippen molar-refractivity contribution in [3.05, 3.63) is 0 Å². The second-order valence-electron chi connectivity index (χ2n) is 6.93. The number of nitrogens with zero attached hydrogens (tertiary/aromatic N) is 1. The van der Waals surface area contributed by atoms with Crippen LogP contribution >= 0.6 is 0 Å². The molecule has 4 heteroatoms. The van der Waals surface area contributed by atoms with E-state index in [0.717, 1.165) is 45.3 Å². The number of amides is 1. The summed E-state index contributed by atoms with van der Waals surface area (Å²) in [5, 5.41) is 3.45. The van der Waals surface area contributed by atoms with Crippen LogP contribution in [0.3, 0.4) is 0 Å². The summed E-state index contributed by atoms with van der Waals surface area (Å²) in [6, 6.07) is 0.531. The number of nitrogens with one attached hydrogen (secondary N) is 1. The van der Waals surface area contributed by atoms with E-state index < -0.39 is 5.54 Å². The van der Waals surface area contributed by atoms with Crippen molar-refractivity contribution in [3.63, 3.8) is 0 Å².